The molecule has 2 aromatic rings. The quantitative estimate of drug-likeness (QED) is 0.732. The Hall–Kier alpha value is -0.910. The van der Waals surface area contributed by atoms with Crippen molar-refractivity contribution >= 4 is 50.2 Å². The second kappa shape index (κ2) is 6.70. The van der Waals surface area contributed by atoms with Gasteiger partial charge in [0.15, 0.2) is 0 Å². The molecule has 1 aromatic heterocycles. The highest BCUT2D eigenvalue weighted by molar-refractivity contribution is 9.10. The topological polar surface area (TPSA) is 38.0 Å². The number of halogens is 1. The van der Waals surface area contributed by atoms with Gasteiger partial charge in [0.1, 0.15) is 4.99 Å². The van der Waals surface area contributed by atoms with E-state index < -0.39 is 0 Å². The Morgan fingerprint density at radius 1 is 1.35 bits per heavy atom. The third-order valence-electron chi connectivity index (χ3n) is 3.07. The van der Waals surface area contributed by atoms with E-state index in [-0.39, 0.29) is 0 Å². The molecule has 0 saturated heterocycles. The molecule has 106 valence electrons. The Labute approximate surface area is 137 Å². The Morgan fingerprint density at radius 2 is 2.10 bits per heavy atom. The molecule has 20 heavy (non-hydrogen) atoms. The van der Waals surface area contributed by atoms with E-state index in [1.165, 1.54) is 4.88 Å². The molecule has 0 saturated carbocycles. The number of rotatable bonds is 5. The van der Waals surface area contributed by atoms with Gasteiger partial charge in [-0.05, 0) is 51.5 Å². The Kier molecular flexibility index (Phi) is 5.18. The summed E-state index contributed by atoms with van der Waals surface area (Å²) in [5.41, 5.74) is 7.60. The molecule has 0 radical (unpaired) electrons. The number of thiocarbonyl (C=S) groups is 1. The second-order valence-electron chi connectivity index (χ2n) is 4.94. The standard InChI is InChI=1S/C15H17BrN2S2/c1-9(2)14(13-4-3-7-20-13)18-10-5-6-11(15(17)19)12(16)8-10/h3-9,14,18H,1-2H3,(H2,17,19). The third-order valence-corrected chi connectivity index (χ3v) is 4.90. The molecule has 0 aliphatic heterocycles. The molecule has 0 aliphatic rings. The fourth-order valence-corrected chi connectivity index (χ4v) is 3.87. The van der Waals surface area contributed by atoms with Crippen LogP contribution in [0.15, 0.2) is 40.2 Å². The molecule has 0 amide bonds. The highest BCUT2D eigenvalue weighted by Gasteiger charge is 2.17. The number of benzene rings is 1. The summed E-state index contributed by atoms with van der Waals surface area (Å²) in [6.07, 6.45) is 0. The van der Waals surface area contributed by atoms with Gasteiger partial charge < -0.3 is 11.1 Å². The minimum absolute atomic E-state index is 0.303. The van der Waals surface area contributed by atoms with Crippen LogP contribution in [0.5, 0.6) is 0 Å². The molecular weight excluding hydrogens is 352 g/mol. The molecule has 2 rings (SSSR count). The highest BCUT2D eigenvalue weighted by atomic mass is 79.9. The van der Waals surface area contributed by atoms with Crippen molar-refractivity contribution in [2.75, 3.05) is 5.32 Å². The van der Waals surface area contributed by atoms with Crippen molar-refractivity contribution in [3.63, 3.8) is 0 Å². The zero-order valence-electron chi connectivity index (χ0n) is 11.4. The second-order valence-corrected chi connectivity index (χ2v) is 7.21. The first kappa shape index (κ1) is 15.5. The first-order valence-electron chi connectivity index (χ1n) is 6.38. The lowest BCUT2D eigenvalue weighted by Crippen LogP contribution is -2.16. The van der Waals surface area contributed by atoms with Crippen LogP contribution in [-0.4, -0.2) is 4.99 Å². The number of hydrogen-bond donors (Lipinski definition) is 2. The van der Waals surface area contributed by atoms with Gasteiger partial charge in [0.05, 0.1) is 6.04 Å². The summed E-state index contributed by atoms with van der Waals surface area (Å²) in [4.78, 5) is 1.75. The van der Waals surface area contributed by atoms with Crippen molar-refractivity contribution in [3.8, 4) is 0 Å². The lowest BCUT2D eigenvalue weighted by atomic mass is 10.0. The van der Waals surface area contributed by atoms with Crippen LogP contribution < -0.4 is 11.1 Å². The van der Waals surface area contributed by atoms with Crippen LogP contribution in [0.25, 0.3) is 0 Å². The van der Waals surface area contributed by atoms with E-state index in [0.29, 0.717) is 16.9 Å². The average molecular weight is 369 g/mol. The first-order chi connectivity index (χ1) is 9.49. The van der Waals surface area contributed by atoms with E-state index in [1.807, 2.05) is 18.2 Å². The summed E-state index contributed by atoms with van der Waals surface area (Å²) in [6.45, 7) is 4.44. The van der Waals surface area contributed by atoms with Gasteiger partial charge >= 0.3 is 0 Å². The maximum atomic E-state index is 5.67. The minimum Gasteiger partial charge on any atom is -0.389 e. The van der Waals surface area contributed by atoms with Gasteiger partial charge in [0, 0.05) is 20.6 Å². The predicted molar refractivity (Wildman–Crippen MR) is 95.6 cm³/mol. The van der Waals surface area contributed by atoms with E-state index in [0.717, 1.165) is 15.7 Å². The molecular formula is C15H17BrN2S2. The molecule has 2 nitrogen and oxygen atoms in total. The first-order valence-corrected chi connectivity index (χ1v) is 8.46. The summed E-state index contributed by atoms with van der Waals surface area (Å²) < 4.78 is 0.920. The van der Waals surface area contributed by atoms with Crippen LogP contribution in [-0.2, 0) is 0 Å². The Bertz CT molecular complexity index is 594. The molecule has 0 bridgehead atoms. The number of nitrogens with two attached hydrogens (primary N) is 1. The summed E-state index contributed by atoms with van der Waals surface area (Å²) in [5.74, 6) is 0.502. The van der Waals surface area contributed by atoms with Crippen LogP contribution in [0.4, 0.5) is 5.69 Å². The van der Waals surface area contributed by atoms with Gasteiger partial charge in [-0.15, -0.1) is 11.3 Å². The van der Waals surface area contributed by atoms with Crippen molar-refractivity contribution in [2.24, 2.45) is 11.7 Å². The van der Waals surface area contributed by atoms with Crippen LogP contribution in [0.2, 0.25) is 0 Å². The average Bonchev–Trinajstić information content (AvgIpc) is 2.88. The highest BCUT2D eigenvalue weighted by Crippen LogP contribution is 2.31. The number of anilines is 1. The van der Waals surface area contributed by atoms with Crippen LogP contribution in [0.3, 0.4) is 0 Å². The van der Waals surface area contributed by atoms with E-state index in [1.54, 1.807) is 11.3 Å². The zero-order valence-corrected chi connectivity index (χ0v) is 14.6. The third kappa shape index (κ3) is 3.59. The molecule has 0 spiro atoms. The van der Waals surface area contributed by atoms with Crippen molar-refractivity contribution in [2.45, 2.75) is 19.9 Å². The minimum atomic E-state index is 0.303. The summed E-state index contributed by atoms with van der Waals surface area (Å²) in [6, 6.07) is 10.5. The SMILES string of the molecule is CC(C)C(Nc1ccc(C(N)=S)c(Br)c1)c1cccs1. The monoisotopic (exact) mass is 368 g/mol. The predicted octanol–water partition coefficient (Wildman–Crippen LogP) is 4.95. The van der Waals surface area contributed by atoms with Crippen molar-refractivity contribution in [3.05, 3.63) is 50.6 Å². The summed E-state index contributed by atoms with van der Waals surface area (Å²) in [7, 11) is 0. The smallest absolute Gasteiger partial charge is 0.105 e. The summed E-state index contributed by atoms with van der Waals surface area (Å²) in [5, 5.41) is 5.69. The van der Waals surface area contributed by atoms with Crippen molar-refractivity contribution in [1.29, 1.82) is 0 Å². The van der Waals surface area contributed by atoms with Crippen molar-refractivity contribution in [1.82, 2.24) is 0 Å². The molecule has 1 atom stereocenters. The Balaban J connectivity index is 2.24. The number of thiophene rings is 1. The van der Waals surface area contributed by atoms with E-state index in [4.69, 9.17) is 18.0 Å². The van der Waals surface area contributed by atoms with Gasteiger partial charge in [0.2, 0.25) is 0 Å². The van der Waals surface area contributed by atoms with Gasteiger partial charge in [-0.1, -0.05) is 32.1 Å². The zero-order chi connectivity index (χ0) is 14.7. The van der Waals surface area contributed by atoms with E-state index >= 15 is 0 Å². The molecule has 5 heteroatoms. The van der Waals surface area contributed by atoms with Crippen LogP contribution in [0.1, 0.15) is 30.3 Å². The normalized spacial score (nSPS) is 12.4. The van der Waals surface area contributed by atoms with Crippen LogP contribution >= 0.6 is 39.5 Å². The van der Waals surface area contributed by atoms with Crippen LogP contribution in [0, 0.1) is 5.92 Å². The van der Waals surface area contributed by atoms with Gasteiger partial charge in [-0.3, -0.25) is 0 Å². The van der Waals surface area contributed by atoms with Gasteiger partial charge in [-0.25, -0.2) is 0 Å². The van der Waals surface area contributed by atoms with Crippen molar-refractivity contribution < 1.29 is 0 Å². The molecule has 1 unspecified atom stereocenters. The van der Waals surface area contributed by atoms with Gasteiger partial charge in [0.25, 0.3) is 0 Å². The number of nitrogens with one attached hydrogen (secondary N) is 1. The fraction of sp³-hybridized carbons (Fsp3) is 0.267. The lowest BCUT2D eigenvalue weighted by molar-refractivity contribution is 0.554. The lowest BCUT2D eigenvalue weighted by Gasteiger charge is -2.23. The van der Waals surface area contributed by atoms with E-state index in [9.17, 15) is 0 Å². The Morgan fingerprint density at radius 3 is 2.60 bits per heavy atom. The largest absolute Gasteiger partial charge is 0.389 e. The fourth-order valence-electron chi connectivity index (χ4n) is 2.02. The molecule has 3 N–H and O–H groups in total. The molecule has 0 fully saturated rings. The van der Waals surface area contributed by atoms with E-state index in [2.05, 4.69) is 52.6 Å². The summed E-state index contributed by atoms with van der Waals surface area (Å²) >= 11 is 10.3. The molecule has 0 aliphatic carbocycles. The maximum absolute atomic E-state index is 5.67. The van der Waals surface area contributed by atoms with Gasteiger partial charge in [-0.2, -0.15) is 0 Å². The number of hydrogen-bond acceptors (Lipinski definition) is 3. The molecule has 1 aromatic carbocycles. The molecule has 1 heterocycles. The maximum Gasteiger partial charge on any atom is 0.105 e.